The molecule has 2 nitrogen and oxygen atoms in total. The molecule has 1 fully saturated rings. The molecule has 0 radical (unpaired) electrons. The third-order valence-corrected chi connectivity index (χ3v) is 1.75. The van der Waals surface area contributed by atoms with Crippen molar-refractivity contribution in [2.24, 2.45) is 5.92 Å². The first-order valence-electron chi connectivity index (χ1n) is 3.35. The lowest BCUT2D eigenvalue weighted by atomic mass is 10.0. The van der Waals surface area contributed by atoms with Gasteiger partial charge < -0.3 is 4.74 Å². The lowest BCUT2D eigenvalue weighted by molar-refractivity contribution is -0.301. The van der Waals surface area contributed by atoms with Crippen LogP contribution in [0.1, 0.15) is 6.42 Å². The number of esters is 1. The maximum absolute atomic E-state index is 12.5. The molecule has 7 heteroatoms. The Balaban J connectivity index is 2.76. The molecule has 0 aromatic rings. The van der Waals surface area contributed by atoms with Crippen molar-refractivity contribution in [1.29, 1.82) is 0 Å². The Morgan fingerprint density at radius 3 is 2.08 bits per heavy atom. The van der Waals surface area contributed by atoms with Gasteiger partial charge in [0.1, 0.15) is 6.61 Å². The SMILES string of the molecule is O=C1CC(C(F)(F)C(F)(F)F)CO1. The first-order valence-corrected chi connectivity index (χ1v) is 3.35. The minimum Gasteiger partial charge on any atom is -0.465 e. The van der Waals surface area contributed by atoms with Gasteiger partial charge in [-0.2, -0.15) is 22.0 Å². The van der Waals surface area contributed by atoms with Crippen LogP contribution in [0.4, 0.5) is 22.0 Å². The van der Waals surface area contributed by atoms with E-state index in [4.69, 9.17) is 0 Å². The average Bonchev–Trinajstić information content (AvgIpc) is 2.33. The van der Waals surface area contributed by atoms with Crippen LogP contribution >= 0.6 is 0 Å². The molecule has 1 rings (SSSR count). The quantitative estimate of drug-likeness (QED) is 0.480. The second kappa shape index (κ2) is 2.81. The fourth-order valence-electron chi connectivity index (χ4n) is 0.977. The Labute approximate surface area is 69.7 Å². The van der Waals surface area contributed by atoms with Crippen molar-refractivity contribution in [2.75, 3.05) is 6.61 Å². The molecule has 0 aromatic carbocycles. The van der Waals surface area contributed by atoms with Gasteiger partial charge in [-0.3, -0.25) is 4.79 Å². The summed E-state index contributed by atoms with van der Waals surface area (Å²) in [5, 5.41) is 0. The van der Waals surface area contributed by atoms with E-state index < -0.39 is 37.0 Å². The van der Waals surface area contributed by atoms with Crippen molar-refractivity contribution in [1.82, 2.24) is 0 Å². The molecule has 0 N–H and O–H groups in total. The Bertz CT molecular complexity index is 222. The average molecular weight is 204 g/mol. The van der Waals surface area contributed by atoms with E-state index >= 15 is 0 Å². The number of hydrogen-bond donors (Lipinski definition) is 0. The minimum atomic E-state index is -5.62. The van der Waals surface area contributed by atoms with E-state index in [-0.39, 0.29) is 0 Å². The molecule has 1 aliphatic heterocycles. The Kier molecular flexibility index (Phi) is 2.21. The van der Waals surface area contributed by atoms with Crippen LogP contribution in [0, 0.1) is 5.92 Å². The molecule has 13 heavy (non-hydrogen) atoms. The maximum atomic E-state index is 12.5. The van der Waals surface area contributed by atoms with Gasteiger partial charge in [0.05, 0.1) is 12.3 Å². The lowest BCUT2D eigenvalue weighted by Gasteiger charge is -2.23. The Morgan fingerprint density at radius 1 is 1.23 bits per heavy atom. The minimum absolute atomic E-state index is 0.870. The molecule has 0 amide bonds. The van der Waals surface area contributed by atoms with Gasteiger partial charge in [0, 0.05) is 0 Å². The van der Waals surface area contributed by atoms with Crippen molar-refractivity contribution >= 4 is 5.97 Å². The fourth-order valence-corrected chi connectivity index (χ4v) is 0.977. The molecular formula is C6H5F5O2. The third kappa shape index (κ3) is 1.73. The zero-order chi connectivity index (χ0) is 10.3. The molecular weight excluding hydrogens is 199 g/mol. The first kappa shape index (κ1) is 10.2. The molecule has 76 valence electrons. The van der Waals surface area contributed by atoms with E-state index in [0.29, 0.717) is 0 Å². The number of carbonyl (C=O) groups is 1. The van der Waals surface area contributed by atoms with Gasteiger partial charge in [-0.1, -0.05) is 0 Å². The van der Waals surface area contributed by atoms with Crippen LogP contribution in [0.2, 0.25) is 0 Å². The molecule has 0 aliphatic carbocycles. The van der Waals surface area contributed by atoms with E-state index in [9.17, 15) is 26.7 Å². The first-order chi connectivity index (χ1) is 5.75. The van der Waals surface area contributed by atoms with Crippen molar-refractivity contribution in [3.8, 4) is 0 Å². The number of carbonyl (C=O) groups excluding carboxylic acids is 1. The van der Waals surface area contributed by atoms with Gasteiger partial charge >= 0.3 is 18.1 Å². The van der Waals surface area contributed by atoms with Crippen LogP contribution < -0.4 is 0 Å². The summed E-state index contributed by atoms with van der Waals surface area (Å²) in [5.74, 6) is -7.95. The van der Waals surface area contributed by atoms with Crippen molar-refractivity contribution in [2.45, 2.75) is 18.5 Å². The van der Waals surface area contributed by atoms with E-state index in [2.05, 4.69) is 4.74 Å². The predicted molar refractivity (Wildman–Crippen MR) is 30.1 cm³/mol. The third-order valence-electron chi connectivity index (χ3n) is 1.75. The number of halogens is 5. The summed E-state index contributed by atoms with van der Waals surface area (Å²) < 4.78 is 64.0. The van der Waals surface area contributed by atoms with Gasteiger partial charge in [-0.15, -0.1) is 0 Å². The highest BCUT2D eigenvalue weighted by molar-refractivity contribution is 5.71. The second-order valence-corrected chi connectivity index (χ2v) is 2.70. The smallest absolute Gasteiger partial charge is 0.453 e. The predicted octanol–water partition coefficient (Wildman–Crippen LogP) is 1.75. The van der Waals surface area contributed by atoms with Gasteiger partial charge in [0.15, 0.2) is 0 Å². The van der Waals surface area contributed by atoms with Crippen LogP contribution in [-0.4, -0.2) is 24.7 Å². The summed E-state index contributed by atoms with van der Waals surface area (Å²) in [4.78, 5) is 10.3. The zero-order valence-electron chi connectivity index (χ0n) is 6.20. The Morgan fingerprint density at radius 2 is 1.77 bits per heavy atom. The van der Waals surface area contributed by atoms with Crippen molar-refractivity contribution in [3.63, 3.8) is 0 Å². The van der Waals surface area contributed by atoms with Crippen LogP contribution in [0.3, 0.4) is 0 Å². The topological polar surface area (TPSA) is 26.3 Å². The highest BCUT2D eigenvalue weighted by Gasteiger charge is 2.63. The molecule has 1 atom stereocenters. The summed E-state index contributed by atoms with van der Waals surface area (Å²) in [6.07, 6.45) is -6.50. The van der Waals surface area contributed by atoms with Crippen LogP contribution in [0.5, 0.6) is 0 Å². The molecule has 0 saturated carbocycles. The molecule has 0 bridgehead atoms. The fraction of sp³-hybridized carbons (Fsp3) is 0.833. The molecule has 0 aromatic heterocycles. The van der Waals surface area contributed by atoms with Crippen LogP contribution in [-0.2, 0) is 9.53 Å². The van der Waals surface area contributed by atoms with Gasteiger partial charge in [0.25, 0.3) is 0 Å². The van der Waals surface area contributed by atoms with E-state index in [1.54, 1.807) is 0 Å². The number of rotatable bonds is 1. The number of ether oxygens (including phenoxy) is 1. The summed E-state index contributed by atoms with van der Waals surface area (Å²) in [7, 11) is 0. The molecule has 1 unspecified atom stereocenters. The number of hydrogen-bond acceptors (Lipinski definition) is 2. The molecule has 0 spiro atoms. The molecule has 1 aliphatic rings. The largest absolute Gasteiger partial charge is 0.465 e. The highest BCUT2D eigenvalue weighted by Crippen LogP contribution is 2.44. The van der Waals surface area contributed by atoms with Crippen molar-refractivity contribution < 1.29 is 31.5 Å². The van der Waals surface area contributed by atoms with E-state index in [1.165, 1.54) is 0 Å². The number of cyclic esters (lactones) is 1. The summed E-state index contributed by atoms with van der Waals surface area (Å²) in [6, 6.07) is 0. The van der Waals surface area contributed by atoms with Gasteiger partial charge in [-0.05, 0) is 0 Å². The Hall–Kier alpha value is -0.880. The second-order valence-electron chi connectivity index (χ2n) is 2.70. The molecule has 1 heterocycles. The zero-order valence-corrected chi connectivity index (χ0v) is 6.20. The van der Waals surface area contributed by atoms with E-state index in [1.807, 2.05) is 0 Å². The maximum Gasteiger partial charge on any atom is 0.453 e. The molecule has 1 saturated heterocycles. The van der Waals surface area contributed by atoms with Crippen molar-refractivity contribution in [3.05, 3.63) is 0 Å². The number of alkyl halides is 5. The lowest BCUT2D eigenvalue weighted by Crippen LogP contribution is -2.43. The van der Waals surface area contributed by atoms with Gasteiger partial charge in [0.2, 0.25) is 0 Å². The summed E-state index contributed by atoms with van der Waals surface area (Å²) >= 11 is 0. The highest BCUT2D eigenvalue weighted by atomic mass is 19.4. The summed E-state index contributed by atoms with van der Waals surface area (Å²) in [6.45, 7) is -0.870. The van der Waals surface area contributed by atoms with Crippen LogP contribution in [0.25, 0.3) is 0 Å². The normalized spacial score (nSPS) is 24.7. The monoisotopic (exact) mass is 204 g/mol. The van der Waals surface area contributed by atoms with Gasteiger partial charge in [-0.25, -0.2) is 0 Å². The van der Waals surface area contributed by atoms with E-state index in [0.717, 1.165) is 0 Å². The van der Waals surface area contributed by atoms with Crippen LogP contribution in [0.15, 0.2) is 0 Å². The standard InChI is InChI=1S/C6H5F5O2/c7-5(8,6(9,10)11)3-1-4(12)13-2-3/h3H,1-2H2. The summed E-state index contributed by atoms with van der Waals surface area (Å²) in [5.41, 5.74) is 0.